The van der Waals surface area contributed by atoms with E-state index in [0.29, 0.717) is 0 Å². The average Bonchev–Trinajstić information content (AvgIpc) is 2.42. The first kappa shape index (κ1) is 14.1. The molecule has 0 fully saturated rings. The van der Waals surface area contributed by atoms with Crippen LogP contribution in [0.3, 0.4) is 0 Å². The topological polar surface area (TPSA) is 21.3 Å². The van der Waals surface area contributed by atoms with Crippen LogP contribution in [0.5, 0.6) is 5.75 Å². The molecule has 0 saturated heterocycles. The van der Waals surface area contributed by atoms with Crippen LogP contribution in [0.15, 0.2) is 46.9 Å². The molecule has 100 valence electrons. The molecule has 1 atom stereocenters. The van der Waals surface area contributed by atoms with Crippen molar-refractivity contribution in [1.82, 2.24) is 5.32 Å². The fourth-order valence-corrected chi connectivity index (χ4v) is 2.76. The Morgan fingerprint density at radius 1 is 1.16 bits per heavy atom. The van der Waals surface area contributed by atoms with E-state index in [4.69, 9.17) is 4.74 Å². The first-order chi connectivity index (χ1) is 9.15. The number of methoxy groups -OCH3 is 1. The fourth-order valence-electron chi connectivity index (χ4n) is 2.29. The first-order valence-electron chi connectivity index (χ1n) is 6.23. The number of nitrogens with one attached hydrogen (secondary N) is 1. The average molecular weight is 320 g/mol. The van der Waals surface area contributed by atoms with Crippen LogP contribution in [0.4, 0.5) is 0 Å². The summed E-state index contributed by atoms with van der Waals surface area (Å²) in [5.41, 5.74) is 3.74. The van der Waals surface area contributed by atoms with Gasteiger partial charge >= 0.3 is 0 Å². The molecular weight excluding hydrogens is 302 g/mol. The van der Waals surface area contributed by atoms with E-state index in [9.17, 15) is 0 Å². The Balaban J connectivity index is 2.43. The molecule has 1 N–H and O–H groups in total. The fraction of sp³-hybridized carbons (Fsp3) is 0.250. The van der Waals surface area contributed by atoms with Gasteiger partial charge < -0.3 is 10.1 Å². The van der Waals surface area contributed by atoms with Crippen molar-refractivity contribution < 1.29 is 4.74 Å². The molecule has 3 heteroatoms. The molecule has 0 heterocycles. The van der Waals surface area contributed by atoms with Crippen molar-refractivity contribution in [1.29, 1.82) is 0 Å². The molecule has 0 aromatic heterocycles. The highest BCUT2D eigenvalue weighted by Crippen LogP contribution is 2.28. The molecule has 0 aliphatic carbocycles. The number of rotatable bonds is 4. The van der Waals surface area contributed by atoms with E-state index in [1.165, 1.54) is 16.7 Å². The summed E-state index contributed by atoms with van der Waals surface area (Å²) in [6.45, 7) is 2.13. The van der Waals surface area contributed by atoms with Crippen LogP contribution in [0.25, 0.3) is 0 Å². The van der Waals surface area contributed by atoms with Gasteiger partial charge in [0.2, 0.25) is 0 Å². The van der Waals surface area contributed by atoms with Crippen molar-refractivity contribution >= 4 is 15.9 Å². The predicted octanol–water partition coefficient (Wildman–Crippen LogP) is 4.07. The summed E-state index contributed by atoms with van der Waals surface area (Å²) in [6.07, 6.45) is 0. The van der Waals surface area contributed by atoms with Crippen LogP contribution in [-0.4, -0.2) is 14.2 Å². The summed E-state index contributed by atoms with van der Waals surface area (Å²) >= 11 is 3.51. The molecule has 0 aliphatic rings. The van der Waals surface area contributed by atoms with E-state index in [1.54, 1.807) is 7.11 Å². The Morgan fingerprint density at radius 2 is 1.95 bits per heavy atom. The molecule has 19 heavy (non-hydrogen) atoms. The van der Waals surface area contributed by atoms with Crippen LogP contribution < -0.4 is 10.1 Å². The SMILES string of the molecule is CNC(c1cccc(OC)c1)c1ccc(Br)cc1C. The maximum atomic E-state index is 5.30. The highest BCUT2D eigenvalue weighted by molar-refractivity contribution is 9.10. The molecule has 0 bridgehead atoms. The minimum Gasteiger partial charge on any atom is -0.497 e. The Bertz CT molecular complexity index is 568. The van der Waals surface area contributed by atoms with E-state index in [1.807, 2.05) is 19.2 Å². The van der Waals surface area contributed by atoms with E-state index < -0.39 is 0 Å². The van der Waals surface area contributed by atoms with Crippen LogP contribution in [0, 0.1) is 6.92 Å². The normalized spacial score (nSPS) is 12.2. The number of hydrogen-bond donors (Lipinski definition) is 1. The summed E-state index contributed by atoms with van der Waals surface area (Å²) < 4.78 is 6.41. The number of benzene rings is 2. The third-order valence-electron chi connectivity index (χ3n) is 3.26. The van der Waals surface area contributed by atoms with Crippen molar-refractivity contribution in [3.63, 3.8) is 0 Å². The van der Waals surface area contributed by atoms with Crippen molar-refractivity contribution in [2.45, 2.75) is 13.0 Å². The molecule has 2 rings (SSSR count). The van der Waals surface area contributed by atoms with Crippen LogP contribution >= 0.6 is 15.9 Å². The van der Waals surface area contributed by atoms with Crippen LogP contribution in [0.1, 0.15) is 22.7 Å². The second-order valence-electron chi connectivity index (χ2n) is 4.50. The molecule has 2 aromatic rings. The first-order valence-corrected chi connectivity index (χ1v) is 7.02. The molecule has 0 amide bonds. The lowest BCUT2D eigenvalue weighted by atomic mass is 9.95. The molecule has 0 radical (unpaired) electrons. The highest BCUT2D eigenvalue weighted by Gasteiger charge is 2.14. The third-order valence-corrected chi connectivity index (χ3v) is 3.75. The molecular formula is C16H18BrNO. The maximum Gasteiger partial charge on any atom is 0.119 e. The number of aryl methyl sites for hydroxylation is 1. The highest BCUT2D eigenvalue weighted by atomic mass is 79.9. The van der Waals surface area contributed by atoms with Gasteiger partial charge in [-0.15, -0.1) is 0 Å². The Hall–Kier alpha value is -1.32. The number of hydrogen-bond acceptors (Lipinski definition) is 2. The molecule has 0 aliphatic heterocycles. The molecule has 0 saturated carbocycles. The maximum absolute atomic E-state index is 5.30. The lowest BCUT2D eigenvalue weighted by Gasteiger charge is -2.20. The summed E-state index contributed by atoms with van der Waals surface area (Å²) in [7, 11) is 3.67. The summed E-state index contributed by atoms with van der Waals surface area (Å²) in [6, 6.07) is 14.7. The van der Waals surface area contributed by atoms with Crippen molar-refractivity contribution in [3.8, 4) is 5.75 Å². The molecule has 1 unspecified atom stereocenters. The number of halogens is 1. The standard InChI is InChI=1S/C16H18BrNO/c1-11-9-13(17)7-8-15(11)16(18-2)12-5-4-6-14(10-12)19-3/h4-10,16,18H,1-3H3. The van der Waals surface area contributed by atoms with E-state index in [-0.39, 0.29) is 6.04 Å². The zero-order valence-electron chi connectivity index (χ0n) is 11.4. The Morgan fingerprint density at radius 3 is 2.58 bits per heavy atom. The zero-order chi connectivity index (χ0) is 13.8. The summed E-state index contributed by atoms with van der Waals surface area (Å²) in [5, 5.41) is 3.38. The second-order valence-corrected chi connectivity index (χ2v) is 5.41. The van der Waals surface area contributed by atoms with Crippen molar-refractivity contribution in [2.24, 2.45) is 0 Å². The van der Waals surface area contributed by atoms with Gasteiger partial charge in [0.05, 0.1) is 13.2 Å². The Labute approximate surface area is 122 Å². The second kappa shape index (κ2) is 6.22. The van der Waals surface area contributed by atoms with E-state index >= 15 is 0 Å². The van der Waals surface area contributed by atoms with Gasteiger partial charge in [-0.25, -0.2) is 0 Å². The quantitative estimate of drug-likeness (QED) is 0.917. The largest absolute Gasteiger partial charge is 0.497 e. The van der Waals surface area contributed by atoms with Crippen LogP contribution in [-0.2, 0) is 0 Å². The predicted molar refractivity (Wildman–Crippen MR) is 82.8 cm³/mol. The van der Waals surface area contributed by atoms with Gasteiger partial charge in [-0.05, 0) is 54.9 Å². The minimum absolute atomic E-state index is 0.170. The lowest BCUT2D eigenvalue weighted by molar-refractivity contribution is 0.414. The third kappa shape index (κ3) is 3.17. The van der Waals surface area contributed by atoms with Gasteiger partial charge in [0.1, 0.15) is 5.75 Å². The van der Waals surface area contributed by atoms with Gasteiger partial charge in [-0.3, -0.25) is 0 Å². The Kier molecular flexibility index (Phi) is 4.61. The minimum atomic E-state index is 0.170. The molecule has 2 nitrogen and oxygen atoms in total. The summed E-state index contributed by atoms with van der Waals surface area (Å²) in [5.74, 6) is 0.882. The number of ether oxygens (including phenoxy) is 1. The van der Waals surface area contributed by atoms with Gasteiger partial charge in [0.25, 0.3) is 0 Å². The zero-order valence-corrected chi connectivity index (χ0v) is 13.0. The van der Waals surface area contributed by atoms with E-state index in [2.05, 4.69) is 58.5 Å². The van der Waals surface area contributed by atoms with E-state index in [0.717, 1.165) is 10.2 Å². The van der Waals surface area contributed by atoms with Crippen molar-refractivity contribution in [3.05, 3.63) is 63.6 Å². The van der Waals surface area contributed by atoms with Gasteiger partial charge in [0.15, 0.2) is 0 Å². The summed E-state index contributed by atoms with van der Waals surface area (Å²) in [4.78, 5) is 0. The van der Waals surface area contributed by atoms with Gasteiger partial charge in [0, 0.05) is 4.47 Å². The lowest BCUT2D eigenvalue weighted by Crippen LogP contribution is -2.18. The van der Waals surface area contributed by atoms with Gasteiger partial charge in [-0.2, -0.15) is 0 Å². The van der Waals surface area contributed by atoms with Crippen molar-refractivity contribution in [2.75, 3.05) is 14.2 Å². The van der Waals surface area contributed by atoms with Gasteiger partial charge in [-0.1, -0.05) is 34.1 Å². The van der Waals surface area contributed by atoms with Crippen LogP contribution in [0.2, 0.25) is 0 Å². The molecule has 2 aromatic carbocycles. The smallest absolute Gasteiger partial charge is 0.119 e. The molecule has 0 spiro atoms. The monoisotopic (exact) mass is 319 g/mol.